The Hall–Kier alpha value is -4.03. The summed E-state index contributed by atoms with van der Waals surface area (Å²) in [5, 5.41) is 17.1. The van der Waals surface area contributed by atoms with Crippen molar-refractivity contribution < 1.29 is 0 Å². The van der Waals surface area contributed by atoms with Crippen LogP contribution in [0.1, 0.15) is 63.4 Å². The molecule has 1 aliphatic heterocycles. The van der Waals surface area contributed by atoms with Gasteiger partial charge in [0.1, 0.15) is 5.39 Å². The third-order valence-electron chi connectivity index (χ3n) is 7.50. The maximum atomic E-state index is 13.4. The van der Waals surface area contributed by atoms with E-state index in [-0.39, 0.29) is 17.1 Å². The standard InChI is InChI=1S/C28H30N8O/c1-17(2)35-25(37)21-15-31-26(33-19-5-6-22-18(13-19)7-12-32-28(22)9-10-28)34-24(21)36(35)20-8-11-30-23(14-20)27(3,4)16-29/h5-6,8,11,13-15,17,32H,7,9-10,12H2,1-4H3,(H,31,33,34). The van der Waals surface area contributed by atoms with Gasteiger partial charge in [-0.15, -0.1) is 0 Å². The molecule has 2 aliphatic rings. The van der Waals surface area contributed by atoms with Crippen LogP contribution in [0.3, 0.4) is 0 Å². The van der Waals surface area contributed by atoms with Crippen LogP contribution in [-0.2, 0) is 17.4 Å². The lowest BCUT2D eigenvalue weighted by Crippen LogP contribution is -2.36. The van der Waals surface area contributed by atoms with Crippen molar-refractivity contribution in [2.75, 3.05) is 11.9 Å². The van der Waals surface area contributed by atoms with E-state index in [9.17, 15) is 10.1 Å². The molecular weight excluding hydrogens is 464 g/mol. The number of pyridine rings is 1. The fourth-order valence-electron chi connectivity index (χ4n) is 5.30. The molecule has 2 N–H and O–H groups in total. The van der Waals surface area contributed by atoms with Crippen LogP contribution in [-0.4, -0.2) is 30.9 Å². The summed E-state index contributed by atoms with van der Waals surface area (Å²) < 4.78 is 3.48. The quantitative estimate of drug-likeness (QED) is 0.427. The molecule has 4 heterocycles. The van der Waals surface area contributed by atoms with Crippen LogP contribution in [0.4, 0.5) is 11.6 Å². The maximum Gasteiger partial charge on any atom is 0.278 e. The largest absolute Gasteiger partial charge is 0.324 e. The number of nitriles is 1. The molecule has 1 saturated carbocycles. The smallest absolute Gasteiger partial charge is 0.278 e. The fraction of sp³-hybridized carbons (Fsp3) is 0.393. The Morgan fingerprint density at radius 2 is 2.00 bits per heavy atom. The van der Waals surface area contributed by atoms with Crippen molar-refractivity contribution in [1.82, 2.24) is 29.6 Å². The summed E-state index contributed by atoms with van der Waals surface area (Å²) in [6.45, 7) is 8.56. The third-order valence-corrected chi connectivity index (χ3v) is 7.50. The van der Waals surface area contributed by atoms with Gasteiger partial charge in [0, 0.05) is 36.2 Å². The minimum Gasteiger partial charge on any atom is -0.324 e. The monoisotopic (exact) mass is 494 g/mol. The predicted octanol–water partition coefficient (Wildman–Crippen LogP) is 4.24. The second-order valence-electron chi connectivity index (χ2n) is 10.9. The molecular formula is C28H30N8O. The first-order valence-corrected chi connectivity index (χ1v) is 12.8. The van der Waals surface area contributed by atoms with Crippen molar-refractivity contribution >= 4 is 22.7 Å². The summed E-state index contributed by atoms with van der Waals surface area (Å²) in [5.41, 5.74) is 4.77. The minimum absolute atomic E-state index is 0.122. The highest BCUT2D eigenvalue weighted by molar-refractivity contribution is 5.77. The van der Waals surface area contributed by atoms with Gasteiger partial charge >= 0.3 is 0 Å². The number of rotatable bonds is 5. The van der Waals surface area contributed by atoms with Gasteiger partial charge in [0.05, 0.1) is 22.9 Å². The Bertz CT molecular complexity index is 1630. The number of nitrogens with one attached hydrogen (secondary N) is 2. The lowest BCUT2D eigenvalue weighted by Gasteiger charge is -2.27. The number of nitrogens with zero attached hydrogens (tertiary/aromatic N) is 6. The van der Waals surface area contributed by atoms with Crippen molar-refractivity contribution in [3.63, 3.8) is 0 Å². The summed E-state index contributed by atoms with van der Waals surface area (Å²) in [5.74, 6) is 0.420. The molecule has 1 aromatic carbocycles. The van der Waals surface area contributed by atoms with Crippen molar-refractivity contribution in [2.24, 2.45) is 0 Å². The van der Waals surface area contributed by atoms with Crippen LogP contribution in [0.25, 0.3) is 16.7 Å². The van der Waals surface area contributed by atoms with Gasteiger partial charge in [-0.3, -0.25) is 9.78 Å². The predicted molar refractivity (Wildman–Crippen MR) is 142 cm³/mol. The van der Waals surface area contributed by atoms with E-state index in [1.807, 2.05) is 44.5 Å². The highest BCUT2D eigenvalue weighted by atomic mass is 16.1. The van der Waals surface area contributed by atoms with E-state index in [0.29, 0.717) is 22.7 Å². The lowest BCUT2D eigenvalue weighted by molar-refractivity contribution is 0.475. The van der Waals surface area contributed by atoms with E-state index in [1.165, 1.54) is 24.0 Å². The van der Waals surface area contributed by atoms with E-state index in [2.05, 4.69) is 44.9 Å². The number of benzene rings is 1. The van der Waals surface area contributed by atoms with E-state index in [4.69, 9.17) is 4.98 Å². The van der Waals surface area contributed by atoms with E-state index in [0.717, 1.165) is 24.3 Å². The molecule has 0 saturated heterocycles. The van der Waals surface area contributed by atoms with Crippen molar-refractivity contribution in [3.8, 4) is 11.8 Å². The molecule has 6 rings (SSSR count). The van der Waals surface area contributed by atoms with E-state index >= 15 is 0 Å². The van der Waals surface area contributed by atoms with Crippen molar-refractivity contribution in [2.45, 2.75) is 64.0 Å². The first kappa shape index (κ1) is 23.4. The van der Waals surface area contributed by atoms with Gasteiger partial charge in [0.25, 0.3) is 5.56 Å². The summed E-state index contributed by atoms with van der Waals surface area (Å²) >= 11 is 0. The average Bonchev–Trinajstić information content (AvgIpc) is 3.59. The van der Waals surface area contributed by atoms with E-state index < -0.39 is 5.41 Å². The zero-order valence-electron chi connectivity index (χ0n) is 21.5. The normalized spacial score (nSPS) is 16.1. The zero-order chi connectivity index (χ0) is 25.9. The SMILES string of the molecule is CC(C)n1c(=O)c2cnc(Nc3ccc4c(c3)CCNC43CC3)nc2n1-c1ccnc(C(C)(C)C#N)c1. The highest BCUT2D eigenvalue weighted by Crippen LogP contribution is 2.48. The molecule has 9 nitrogen and oxygen atoms in total. The van der Waals surface area contributed by atoms with Gasteiger partial charge in [-0.05, 0) is 82.3 Å². The lowest BCUT2D eigenvalue weighted by atomic mass is 9.91. The summed E-state index contributed by atoms with van der Waals surface area (Å²) in [6.07, 6.45) is 6.63. The Kier molecular flexibility index (Phi) is 5.21. The fourth-order valence-corrected chi connectivity index (χ4v) is 5.30. The number of hydrogen-bond acceptors (Lipinski definition) is 7. The molecule has 37 heavy (non-hydrogen) atoms. The molecule has 9 heteroatoms. The van der Waals surface area contributed by atoms with Gasteiger partial charge in [-0.2, -0.15) is 10.2 Å². The number of hydrogen-bond donors (Lipinski definition) is 2. The molecule has 0 unspecified atom stereocenters. The maximum absolute atomic E-state index is 13.4. The molecule has 1 aliphatic carbocycles. The summed E-state index contributed by atoms with van der Waals surface area (Å²) in [6, 6.07) is 12.3. The average molecular weight is 495 g/mol. The summed E-state index contributed by atoms with van der Waals surface area (Å²) in [7, 11) is 0. The molecule has 3 aromatic heterocycles. The van der Waals surface area contributed by atoms with Gasteiger partial charge < -0.3 is 10.6 Å². The highest BCUT2D eigenvalue weighted by Gasteiger charge is 2.46. The first-order chi connectivity index (χ1) is 17.7. The molecule has 1 spiro atoms. The Morgan fingerprint density at radius 1 is 1.19 bits per heavy atom. The van der Waals surface area contributed by atoms with Crippen LogP contribution in [0.5, 0.6) is 0 Å². The van der Waals surface area contributed by atoms with Crippen LogP contribution in [0.15, 0.2) is 47.5 Å². The Balaban J connectivity index is 1.44. The van der Waals surface area contributed by atoms with Crippen LogP contribution in [0.2, 0.25) is 0 Å². The van der Waals surface area contributed by atoms with Crippen molar-refractivity contribution in [1.29, 1.82) is 5.26 Å². The molecule has 0 amide bonds. The topological polar surface area (TPSA) is 113 Å². The summed E-state index contributed by atoms with van der Waals surface area (Å²) in [4.78, 5) is 27.1. The Morgan fingerprint density at radius 3 is 2.73 bits per heavy atom. The first-order valence-electron chi connectivity index (χ1n) is 12.8. The second kappa shape index (κ2) is 8.25. The van der Waals surface area contributed by atoms with Gasteiger partial charge in [-0.25, -0.2) is 14.3 Å². The number of aromatic nitrogens is 5. The molecule has 0 bridgehead atoms. The molecule has 188 valence electrons. The number of anilines is 2. The van der Waals surface area contributed by atoms with Crippen LogP contribution in [0, 0.1) is 11.3 Å². The van der Waals surface area contributed by atoms with Gasteiger partial charge in [-0.1, -0.05) is 6.07 Å². The van der Waals surface area contributed by atoms with Gasteiger partial charge in [0.15, 0.2) is 5.65 Å². The van der Waals surface area contributed by atoms with E-state index in [1.54, 1.807) is 17.1 Å². The molecule has 0 atom stereocenters. The second-order valence-corrected chi connectivity index (χ2v) is 10.9. The minimum atomic E-state index is -0.773. The van der Waals surface area contributed by atoms with Gasteiger partial charge in [0.2, 0.25) is 5.95 Å². The third kappa shape index (κ3) is 3.80. The van der Waals surface area contributed by atoms with Crippen molar-refractivity contribution in [3.05, 3.63) is 69.9 Å². The molecule has 0 radical (unpaired) electrons. The van der Waals surface area contributed by atoms with Crippen LogP contribution >= 0.6 is 0 Å². The zero-order valence-corrected chi connectivity index (χ0v) is 21.5. The van der Waals surface area contributed by atoms with Crippen LogP contribution < -0.4 is 16.2 Å². The molecule has 1 fully saturated rings. The number of fused-ring (bicyclic) bond motifs is 3. The molecule has 4 aromatic rings. The Labute approximate surface area is 215 Å².